The van der Waals surface area contributed by atoms with E-state index in [1.165, 1.54) is 11.4 Å². The summed E-state index contributed by atoms with van der Waals surface area (Å²) in [6, 6.07) is 0. The van der Waals surface area contributed by atoms with E-state index in [1.807, 2.05) is 0 Å². The van der Waals surface area contributed by atoms with Crippen molar-refractivity contribution in [1.29, 1.82) is 0 Å². The van der Waals surface area contributed by atoms with Crippen molar-refractivity contribution >= 4 is 10.0 Å². The summed E-state index contributed by atoms with van der Waals surface area (Å²) in [4.78, 5) is 0.246. The lowest BCUT2D eigenvalue weighted by molar-refractivity contribution is 0.497. The smallest absolute Gasteiger partial charge is 0.246 e. The average molecular weight is 258 g/mol. The van der Waals surface area contributed by atoms with Gasteiger partial charge in [0, 0.05) is 20.1 Å². The summed E-state index contributed by atoms with van der Waals surface area (Å²) in [6.07, 6.45) is 1.55. The van der Waals surface area contributed by atoms with Gasteiger partial charge >= 0.3 is 0 Å². The van der Waals surface area contributed by atoms with E-state index < -0.39 is 10.0 Å². The molecule has 7 heteroatoms. The zero-order valence-electron chi connectivity index (χ0n) is 10.3. The predicted molar refractivity (Wildman–Crippen MR) is 66.1 cm³/mol. The first-order valence-electron chi connectivity index (χ1n) is 5.20. The van der Waals surface area contributed by atoms with Crippen LogP contribution < -0.4 is 5.32 Å². The van der Waals surface area contributed by atoms with Gasteiger partial charge < -0.3 is 5.32 Å². The van der Waals surface area contributed by atoms with Gasteiger partial charge in [0.2, 0.25) is 10.0 Å². The highest BCUT2D eigenvalue weighted by atomic mass is 32.2. The van der Waals surface area contributed by atoms with E-state index in [0.29, 0.717) is 17.9 Å². The van der Waals surface area contributed by atoms with E-state index in [1.54, 1.807) is 20.0 Å². The van der Waals surface area contributed by atoms with Crippen molar-refractivity contribution in [1.82, 2.24) is 19.8 Å². The Morgan fingerprint density at radius 1 is 1.59 bits per heavy atom. The maximum absolute atomic E-state index is 12.3. The Labute approximate surface area is 102 Å². The minimum Gasteiger partial charge on any atom is -0.314 e. The van der Waals surface area contributed by atoms with Crippen molar-refractivity contribution in [2.24, 2.45) is 0 Å². The molecule has 0 aliphatic rings. The van der Waals surface area contributed by atoms with E-state index in [0.717, 1.165) is 0 Å². The summed E-state index contributed by atoms with van der Waals surface area (Å²) in [7, 11) is -0.249. The van der Waals surface area contributed by atoms with Crippen LogP contribution in [0.15, 0.2) is 17.6 Å². The van der Waals surface area contributed by atoms with Gasteiger partial charge in [0.25, 0.3) is 0 Å². The molecule has 0 atom stereocenters. The van der Waals surface area contributed by atoms with E-state index >= 15 is 0 Å². The molecule has 1 aromatic heterocycles. The first-order valence-corrected chi connectivity index (χ1v) is 6.64. The molecule has 6 nitrogen and oxygen atoms in total. The molecule has 0 bridgehead atoms. The number of rotatable bonds is 6. The first kappa shape index (κ1) is 13.9. The van der Waals surface area contributed by atoms with Gasteiger partial charge in [-0.25, -0.2) is 8.42 Å². The number of hydrogen-bond acceptors (Lipinski definition) is 4. The molecular weight excluding hydrogens is 240 g/mol. The van der Waals surface area contributed by atoms with Crippen LogP contribution in [0.3, 0.4) is 0 Å². The Kier molecular flexibility index (Phi) is 4.44. The molecule has 1 rings (SSSR count). The van der Waals surface area contributed by atoms with Crippen molar-refractivity contribution in [3.63, 3.8) is 0 Å². The lowest BCUT2D eigenvalue weighted by Crippen LogP contribution is -2.28. The maximum atomic E-state index is 12.3. The number of nitrogens with zero attached hydrogens (tertiary/aromatic N) is 2. The number of nitrogens with one attached hydrogen (secondary N) is 2. The van der Waals surface area contributed by atoms with Crippen LogP contribution in [0.1, 0.15) is 11.4 Å². The number of sulfonamides is 1. The van der Waals surface area contributed by atoms with Gasteiger partial charge in [-0.05, 0) is 14.0 Å². The molecule has 0 spiro atoms. The number of likely N-dealkylation sites (N-methyl/N-ethyl adjacent to an activating group) is 1. The van der Waals surface area contributed by atoms with Crippen LogP contribution in [0.4, 0.5) is 0 Å². The van der Waals surface area contributed by atoms with Gasteiger partial charge in [0.1, 0.15) is 4.90 Å². The number of H-pyrrole nitrogens is 1. The molecule has 0 aromatic carbocycles. The lowest BCUT2D eigenvalue weighted by atomic mass is 10.4. The van der Waals surface area contributed by atoms with Gasteiger partial charge in [-0.15, -0.1) is 6.58 Å². The second-order valence-electron chi connectivity index (χ2n) is 3.73. The third-order valence-electron chi connectivity index (χ3n) is 2.36. The van der Waals surface area contributed by atoms with Crippen LogP contribution in [-0.4, -0.2) is 43.6 Å². The highest BCUT2D eigenvalue weighted by Crippen LogP contribution is 2.21. The van der Waals surface area contributed by atoms with Crippen molar-refractivity contribution < 1.29 is 8.42 Å². The van der Waals surface area contributed by atoms with Crippen LogP contribution >= 0.6 is 0 Å². The summed E-state index contributed by atoms with van der Waals surface area (Å²) in [5.41, 5.74) is 1.05. The second-order valence-corrected chi connectivity index (χ2v) is 5.71. The molecule has 0 fully saturated rings. The monoisotopic (exact) mass is 258 g/mol. The predicted octanol–water partition coefficient (Wildman–Crippen LogP) is 0.244. The highest BCUT2D eigenvalue weighted by Gasteiger charge is 2.27. The zero-order valence-corrected chi connectivity index (χ0v) is 11.1. The van der Waals surface area contributed by atoms with Crippen molar-refractivity contribution in [2.45, 2.75) is 18.4 Å². The largest absolute Gasteiger partial charge is 0.314 e. The van der Waals surface area contributed by atoms with E-state index in [2.05, 4.69) is 22.1 Å². The quantitative estimate of drug-likeness (QED) is 0.717. The van der Waals surface area contributed by atoms with Gasteiger partial charge in [-0.1, -0.05) is 6.08 Å². The van der Waals surface area contributed by atoms with E-state index in [-0.39, 0.29) is 11.4 Å². The second kappa shape index (κ2) is 5.44. The normalized spacial score (nSPS) is 12.0. The van der Waals surface area contributed by atoms with Crippen LogP contribution in [0.5, 0.6) is 0 Å². The lowest BCUT2D eigenvalue weighted by Gasteiger charge is -2.15. The SMILES string of the molecule is C=CCN(C)S(=O)(=O)c1c(CNC)n[nH]c1C. The number of aryl methyl sites for hydroxylation is 1. The van der Waals surface area contributed by atoms with Crippen molar-refractivity contribution in [3.05, 3.63) is 24.0 Å². The van der Waals surface area contributed by atoms with Gasteiger partial charge in [-0.3, -0.25) is 5.10 Å². The fourth-order valence-corrected chi connectivity index (χ4v) is 3.00. The topological polar surface area (TPSA) is 78.1 Å². The van der Waals surface area contributed by atoms with E-state index in [9.17, 15) is 8.42 Å². The molecule has 17 heavy (non-hydrogen) atoms. The number of aromatic amines is 1. The molecule has 96 valence electrons. The van der Waals surface area contributed by atoms with Crippen LogP contribution in [0.2, 0.25) is 0 Å². The van der Waals surface area contributed by atoms with Gasteiger partial charge in [0.15, 0.2) is 0 Å². The summed E-state index contributed by atoms with van der Waals surface area (Å²) < 4.78 is 25.8. The van der Waals surface area contributed by atoms with Crippen LogP contribution in [0.25, 0.3) is 0 Å². The zero-order chi connectivity index (χ0) is 13.1. The Balaban J connectivity index is 3.22. The molecule has 1 aromatic rings. The number of aromatic nitrogens is 2. The fraction of sp³-hybridized carbons (Fsp3) is 0.500. The Hall–Kier alpha value is -1.18. The van der Waals surface area contributed by atoms with Gasteiger partial charge in [0.05, 0.1) is 11.4 Å². The Morgan fingerprint density at radius 3 is 2.76 bits per heavy atom. The number of hydrogen-bond donors (Lipinski definition) is 2. The molecular formula is C10H18N4O2S. The van der Waals surface area contributed by atoms with Crippen LogP contribution in [-0.2, 0) is 16.6 Å². The van der Waals surface area contributed by atoms with Crippen molar-refractivity contribution in [2.75, 3.05) is 20.6 Å². The molecule has 2 N–H and O–H groups in total. The molecule has 1 heterocycles. The molecule has 0 aliphatic heterocycles. The van der Waals surface area contributed by atoms with Crippen LogP contribution in [0, 0.1) is 6.92 Å². The standard InChI is InChI=1S/C10H18N4O2S/c1-5-6-14(4)17(15,16)10-8(2)12-13-9(10)7-11-3/h5,11H,1,6-7H2,2-4H3,(H,12,13). The van der Waals surface area contributed by atoms with Gasteiger partial charge in [-0.2, -0.15) is 9.40 Å². The summed E-state index contributed by atoms with van der Waals surface area (Å²) >= 11 is 0. The third kappa shape index (κ3) is 2.74. The summed E-state index contributed by atoms with van der Waals surface area (Å²) in [5.74, 6) is 0. The van der Waals surface area contributed by atoms with Crippen molar-refractivity contribution in [3.8, 4) is 0 Å². The summed E-state index contributed by atoms with van der Waals surface area (Å²) in [6.45, 7) is 5.90. The highest BCUT2D eigenvalue weighted by molar-refractivity contribution is 7.89. The molecule has 0 saturated carbocycles. The molecule has 0 amide bonds. The maximum Gasteiger partial charge on any atom is 0.246 e. The molecule has 0 saturated heterocycles. The van der Waals surface area contributed by atoms with E-state index in [4.69, 9.17) is 0 Å². The molecule has 0 aliphatic carbocycles. The Bertz CT molecular complexity index is 492. The molecule has 0 unspecified atom stereocenters. The molecule has 0 radical (unpaired) electrons. The summed E-state index contributed by atoms with van der Waals surface area (Å²) in [5, 5.41) is 9.59. The average Bonchev–Trinajstić information content (AvgIpc) is 2.61. The fourth-order valence-electron chi connectivity index (χ4n) is 1.53. The minimum atomic E-state index is -3.51. The minimum absolute atomic E-state index is 0.246. The Morgan fingerprint density at radius 2 is 2.24 bits per heavy atom. The third-order valence-corrected chi connectivity index (χ3v) is 4.39. The first-order chi connectivity index (χ1) is 7.95.